The molecule has 36 heavy (non-hydrogen) atoms. The van der Waals surface area contributed by atoms with Crippen molar-refractivity contribution in [1.29, 1.82) is 0 Å². The third-order valence-corrected chi connectivity index (χ3v) is 7.39. The second-order valence-corrected chi connectivity index (χ2v) is 10.5. The first-order chi connectivity index (χ1) is 17.1. The second-order valence-electron chi connectivity index (χ2n) is 8.66. The van der Waals surface area contributed by atoms with Crippen LogP contribution in [0.3, 0.4) is 0 Å². The van der Waals surface area contributed by atoms with E-state index in [4.69, 9.17) is 9.47 Å². The average molecular weight is 515 g/mol. The van der Waals surface area contributed by atoms with Crippen molar-refractivity contribution in [2.24, 2.45) is 5.92 Å². The van der Waals surface area contributed by atoms with Gasteiger partial charge in [0.15, 0.2) is 0 Å². The van der Waals surface area contributed by atoms with Crippen molar-refractivity contribution in [3.8, 4) is 11.5 Å². The molecular weight excluding hydrogens is 483 g/mol. The zero-order valence-electron chi connectivity index (χ0n) is 20.8. The lowest BCUT2D eigenvalue weighted by Gasteiger charge is -2.27. The molecule has 0 bridgehead atoms. The van der Waals surface area contributed by atoms with Crippen LogP contribution in [0, 0.1) is 11.7 Å². The molecule has 0 saturated carbocycles. The average Bonchev–Trinajstić information content (AvgIpc) is 2.87. The minimum atomic E-state index is -4.27. The summed E-state index contributed by atoms with van der Waals surface area (Å²) in [6.07, 6.45) is 0.628. The highest BCUT2D eigenvalue weighted by atomic mass is 32.2. The third-order valence-electron chi connectivity index (χ3n) is 5.62. The van der Waals surface area contributed by atoms with Gasteiger partial charge in [-0.15, -0.1) is 0 Å². The van der Waals surface area contributed by atoms with Crippen LogP contribution >= 0.6 is 0 Å². The van der Waals surface area contributed by atoms with Crippen LogP contribution in [-0.4, -0.2) is 35.1 Å². The van der Waals surface area contributed by atoms with E-state index < -0.39 is 28.3 Å². The summed E-state index contributed by atoms with van der Waals surface area (Å²) >= 11 is 0. The first-order valence-corrected chi connectivity index (χ1v) is 12.9. The molecule has 1 N–H and O–H groups in total. The minimum Gasteiger partial charge on any atom is -0.497 e. The highest BCUT2D eigenvalue weighted by Crippen LogP contribution is 2.28. The van der Waals surface area contributed by atoms with Crippen molar-refractivity contribution in [3.63, 3.8) is 0 Å². The zero-order valence-corrected chi connectivity index (χ0v) is 21.6. The van der Waals surface area contributed by atoms with E-state index in [1.165, 1.54) is 49.6 Å². The summed E-state index contributed by atoms with van der Waals surface area (Å²) in [5.41, 5.74) is 0.640. The van der Waals surface area contributed by atoms with Gasteiger partial charge >= 0.3 is 0 Å². The number of hydrogen-bond donors (Lipinski definition) is 1. The lowest BCUT2D eigenvalue weighted by atomic mass is 9.97. The molecule has 0 fully saturated rings. The molecule has 1 unspecified atom stereocenters. The molecule has 9 heteroatoms. The predicted molar refractivity (Wildman–Crippen MR) is 137 cm³/mol. The number of rotatable bonds is 11. The van der Waals surface area contributed by atoms with E-state index in [2.05, 4.69) is 5.32 Å². The summed E-state index contributed by atoms with van der Waals surface area (Å²) in [4.78, 5) is 13.1. The highest BCUT2D eigenvalue weighted by Gasteiger charge is 2.30. The Balaban J connectivity index is 1.93. The molecule has 0 saturated heterocycles. The molecule has 3 rings (SSSR count). The molecule has 1 atom stereocenters. The monoisotopic (exact) mass is 514 g/mol. The molecule has 3 aromatic carbocycles. The fourth-order valence-electron chi connectivity index (χ4n) is 3.78. The van der Waals surface area contributed by atoms with Gasteiger partial charge < -0.3 is 14.8 Å². The maximum absolute atomic E-state index is 14.8. The summed E-state index contributed by atoms with van der Waals surface area (Å²) in [6, 6.07) is 18.1. The van der Waals surface area contributed by atoms with Crippen molar-refractivity contribution >= 4 is 21.6 Å². The number of anilines is 1. The van der Waals surface area contributed by atoms with E-state index in [-0.39, 0.29) is 22.5 Å². The van der Waals surface area contributed by atoms with Gasteiger partial charge in [0.25, 0.3) is 10.0 Å². The number of benzene rings is 3. The van der Waals surface area contributed by atoms with Crippen LogP contribution in [0.2, 0.25) is 0 Å². The number of halogens is 1. The van der Waals surface area contributed by atoms with E-state index in [9.17, 15) is 17.6 Å². The molecule has 3 aromatic rings. The van der Waals surface area contributed by atoms with Crippen molar-refractivity contribution in [1.82, 2.24) is 5.32 Å². The van der Waals surface area contributed by atoms with Crippen LogP contribution in [0.4, 0.5) is 10.1 Å². The summed E-state index contributed by atoms with van der Waals surface area (Å²) in [5, 5.41) is 2.94. The number of nitrogens with one attached hydrogen (secondary N) is 1. The lowest BCUT2D eigenvalue weighted by Crippen LogP contribution is -2.42. The van der Waals surface area contributed by atoms with Gasteiger partial charge in [-0.2, -0.15) is 0 Å². The van der Waals surface area contributed by atoms with Gasteiger partial charge in [0, 0.05) is 0 Å². The second kappa shape index (κ2) is 11.9. The number of carbonyl (C=O) groups is 1. The largest absolute Gasteiger partial charge is 0.497 e. The Morgan fingerprint density at radius 3 is 2.00 bits per heavy atom. The zero-order chi connectivity index (χ0) is 26.3. The van der Waals surface area contributed by atoms with Crippen molar-refractivity contribution < 1.29 is 27.1 Å². The number of amides is 1. The molecule has 0 radical (unpaired) electrons. The summed E-state index contributed by atoms with van der Waals surface area (Å²) in [7, 11) is -1.23. The van der Waals surface area contributed by atoms with E-state index in [1.54, 1.807) is 19.2 Å². The van der Waals surface area contributed by atoms with Gasteiger partial charge in [0.05, 0.1) is 30.8 Å². The Morgan fingerprint density at radius 1 is 0.917 bits per heavy atom. The van der Waals surface area contributed by atoms with Crippen molar-refractivity contribution in [2.45, 2.75) is 31.2 Å². The summed E-state index contributed by atoms with van der Waals surface area (Å²) in [5.74, 6) is 0.0982. The number of methoxy groups -OCH3 is 2. The highest BCUT2D eigenvalue weighted by molar-refractivity contribution is 7.92. The summed E-state index contributed by atoms with van der Waals surface area (Å²) in [6.45, 7) is 3.46. The van der Waals surface area contributed by atoms with E-state index in [0.29, 0.717) is 17.9 Å². The third kappa shape index (κ3) is 6.54. The van der Waals surface area contributed by atoms with E-state index >= 15 is 0 Å². The molecule has 0 aliphatic heterocycles. The number of hydrogen-bond acceptors (Lipinski definition) is 5. The quantitative estimate of drug-likeness (QED) is 0.392. The van der Waals surface area contributed by atoms with Gasteiger partial charge in [-0.3, -0.25) is 9.10 Å². The first-order valence-electron chi connectivity index (χ1n) is 11.5. The molecule has 192 valence electrons. The van der Waals surface area contributed by atoms with Crippen LogP contribution in [0.5, 0.6) is 11.5 Å². The van der Waals surface area contributed by atoms with Crippen LogP contribution in [0.25, 0.3) is 0 Å². The van der Waals surface area contributed by atoms with Gasteiger partial charge in [0.1, 0.15) is 23.9 Å². The standard InChI is InChI=1S/C27H31FN2O5S/c1-19(2)17-25(20-9-11-21(34-3)12-10-20)29-27(31)18-30(26-8-6-5-7-24(26)28)36(32,33)23-15-13-22(35-4)14-16-23/h5-16,19,25H,17-18H2,1-4H3,(H,29,31). The number of para-hydroxylation sites is 1. The van der Waals surface area contributed by atoms with Crippen LogP contribution in [0.1, 0.15) is 31.9 Å². The van der Waals surface area contributed by atoms with Gasteiger partial charge in [-0.1, -0.05) is 38.1 Å². The Bertz CT molecular complexity index is 1260. The Morgan fingerprint density at radius 2 is 1.47 bits per heavy atom. The minimum absolute atomic E-state index is 0.0896. The smallest absolute Gasteiger partial charge is 0.264 e. The number of nitrogens with zero attached hydrogens (tertiary/aromatic N) is 1. The van der Waals surface area contributed by atoms with Gasteiger partial charge in [0.2, 0.25) is 5.91 Å². The van der Waals surface area contributed by atoms with Gasteiger partial charge in [-0.05, 0) is 66.4 Å². The number of sulfonamides is 1. The van der Waals surface area contributed by atoms with Crippen molar-refractivity contribution in [2.75, 3.05) is 25.1 Å². The molecule has 0 heterocycles. The maximum atomic E-state index is 14.8. The fraction of sp³-hybridized carbons (Fsp3) is 0.296. The van der Waals surface area contributed by atoms with Crippen LogP contribution < -0.4 is 19.1 Å². The first kappa shape index (κ1) is 27.0. The Labute approximate surface area is 211 Å². The molecule has 7 nitrogen and oxygen atoms in total. The van der Waals surface area contributed by atoms with Gasteiger partial charge in [-0.25, -0.2) is 12.8 Å². The number of ether oxygens (including phenoxy) is 2. The fourth-order valence-corrected chi connectivity index (χ4v) is 5.21. The predicted octanol–water partition coefficient (Wildman–Crippen LogP) is 4.94. The Hall–Kier alpha value is -3.59. The maximum Gasteiger partial charge on any atom is 0.264 e. The lowest BCUT2D eigenvalue weighted by molar-refractivity contribution is -0.120. The molecule has 1 amide bonds. The normalized spacial score (nSPS) is 12.2. The summed E-state index contributed by atoms with van der Waals surface area (Å²) < 4.78 is 53.0. The SMILES string of the molecule is COc1ccc(C(CC(C)C)NC(=O)CN(c2ccccc2F)S(=O)(=O)c2ccc(OC)cc2)cc1. The molecule has 0 aliphatic carbocycles. The topological polar surface area (TPSA) is 84.9 Å². The molecule has 0 aliphatic rings. The van der Waals surface area contributed by atoms with E-state index in [1.807, 2.05) is 26.0 Å². The van der Waals surface area contributed by atoms with Crippen LogP contribution in [0.15, 0.2) is 77.7 Å². The van der Waals surface area contributed by atoms with Crippen molar-refractivity contribution in [3.05, 3.63) is 84.2 Å². The number of carbonyl (C=O) groups excluding carboxylic acids is 1. The Kier molecular flexibility index (Phi) is 8.93. The molecule has 0 aromatic heterocycles. The van der Waals surface area contributed by atoms with E-state index in [0.717, 1.165) is 15.9 Å². The molecule has 0 spiro atoms. The molecular formula is C27H31FN2O5S. The van der Waals surface area contributed by atoms with Crippen LogP contribution in [-0.2, 0) is 14.8 Å².